The Morgan fingerprint density at radius 3 is 2.79 bits per heavy atom. The van der Waals surface area contributed by atoms with E-state index in [0.29, 0.717) is 11.8 Å². The van der Waals surface area contributed by atoms with E-state index in [9.17, 15) is 4.79 Å². The number of hydrogen-bond donors (Lipinski definition) is 1. The average molecular weight is 320 g/mol. The van der Waals surface area contributed by atoms with Gasteiger partial charge in [0.1, 0.15) is 0 Å². The molecule has 2 heterocycles. The third-order valence-corrected chi connectivity index (χ3v) is 5.54. The molecule has 0 unspecified atom stereocenters. The molecule has 24 heavy (non-hydrogen) atoms. The minimum Gasteiger partial charge on any atom is -0.352 e. The lowest BCUT2D eigenvalue weighted by atomic mass is 9.87. The largest absolute Gasteiger partial charge is 0.352 e. The fourth-order valence-electron chi connectivity index (χ4n) is 4.26. The van der Waals surface area contributed by atoms with Crippen LogP contribution in [0.5, 0.6) is 0 Å². The number of nitrogens with one attached hydrogen (secondary N) is 1. The molecule has 0 spiro atoms. The summed E-state index contributed by atoms with van der Waals surface area (Å²) in [5, 5.41) is 3.11. The molecule has 0 aliphatic carbocycles. The van der Waals surface area contributed by atoms with Crippen LogP contribution in [0.15, 0.2) is 42.5 Å². The van der Waals surface area contributed by atoms with Gasteiger partial charge in [-0.05, 0) is 42.5 Å². The van der Waals surface area contributed by atoms with Gasteiger partial charge in [0.25, 0.3) is 5.91 Å². The molecule has 0 bridgehead atoms. The van der Waals surface area contributed by atoms with Gasteiger partial charge in [-0.25, -0.2) is 0 Å². The van der Waals surface area contributed by atoms with Crippen molar-refractivity contribution >= 4 is 5.91 Å². The highest BCUT2D eigenvalue weighted by Crippen LogP contribution is 2.36. The predicted octanol–water partition coefficient (Wildman–Crippen LogP) is 3.26. The molecule has 2 aliphatic rings. The minimum atomic E-state index is 0.0842. The van der Waals surface area contributed by atoms with Crippen molar-refractivity contribution in [2.24, 2.45) is 5.92 Å². The Labute approximate surface area is 143 Å². The van der Waals surface area contributed by atoms with Gasteiger partial charge >= 0.3 is 0 Å². The Balaban J connectivity index is 1.58. The van der Waals surface area contributed by atoms with E-state index in [1.165, 1.54) is 22.3 Å². The van der Waals surface area contributed by atoms with Crippen molar-refractivity contribution in [2.75, 3.05) is 19.6 Å². The third-order valence-electron chi connectivity index (χ3n) is 5.54. The number of aryl methyl sites for hydroxylation is 2. The Morgan fingerprint density at radius 2 is 1.96 bits per heavy atom. The minimum absolute atomic E-state index is 0.0842. The van der Waals surface area contributed by atoms with Gasteiger partial charge in [-0.15, -0.1) is 0 Å². The third kappa shape index (κ3) is 2.73. The highest BCUT2D eigenvalue weighted by molar-refractivity contribution is 5.96. The maximum Gasteiger partial charge on any atom is 0.251 e. The normalized spacial score (nSPS) is 23.3. The monoisotopic (exact) mass is 320 g/mol. The molecule has 2 atom stereocenters. The van der Waals surface area contributed by atoms with Crippen LogP contribution in [0, 0.1) is 19.8 Å². The van der Waals surface area contributed by atoms with Crippen LogP contribution >= 0.6 is 0 Å². The first-order chi connectivity index (χ1) is 11.6. The maximum atomic E-state index is 12.3. The molecule has 3 heteroatoms. The van der Waals surface area contributed by atoms with E-state index in [1.807, 2.05) is 12.1 Å². The van der Waals surface area contributed by atoms with Crippen molar-refractivity contribution in [3.8, 4) is 0 Å². The molecule has 0 saturated carbocycles. The van der Waals surface area contributed by atoms with Crippen molar-refractivity contribution in [2.45, 2.75) is 26.3 Å². The predicted molar refractivity (Wildman–Crippen MR) is 96.2 cm³/mol. The maximum absolute atomic E-state index is 12.3. The zero-order valence-corrected chi connectivity index (χ0v) is 14.4. The van der Waals surface area contributed by atoms with Crippen molar-refractivity contribution in [1.29, 1.82) is 0 Å². The highest BCUT2D eigenvalue weighted by Gasteiger charge is 2.37. The quantitative estimate of drug-likeness (QED) is 0.921. The number of carbonyl (C=O) groups is 1. The number of likely N-dealkylation sites (tertiary alicyclic amines) is 1. The molecule has 3 nitrogen and oxygen atoms in total. The molecule has 4 rings (SSSR count). The summed E-state index contributed by atoms with van der Waals surface area (Å²) in [5.74, 6) is 1.04. The Kier molecular flexibility index (Phi) is 3.89. The molecule has 2 aromatic rings. The lowest BCUT2D eigenvalue weighted by Gasteiger charge is -2.18. The average Bonchev–Trinajstić information content (AvgIpc) is 2.92. The molecule has 0 aromatic heterocycles. The molecule has 0 radical (unpaired) electrons. The first-order valence-corrected chi connectivity index (χ1v) is 8.77. The van der Waals surface area contributed by atoms with Gasteiger partial charge in [-0.2, -0.15) is 0 Å². The van der Waals surface area contributed by atoms with Gasteiger partial charge in [-0.3, -0.25) is 9.69 Å². The fraction of sp³-hybridized carbons (Fsp3) is 0.381. The summed E-state index contributed by atoms with van der Waals surface area (Å²) in [6, 6.07) is 14.8. The lowest BCUT2D eigenvalue weighted by Crippen LogP contribution is -2.29. The summed E-state index contributed by atoms with van der Waals surface area (Å²) in [5.41, 5.74) is 6.18. The molecular formula is C21H24N2O. The van der Waals surface area contributed by atoms with E-state index in [4.69, 9.17) is 0 Å². The molecule has 2 aliphatic heterocycles. The summed E-state index contributed by atoms with van der Waals surface area (Å²) >= 11 is 0. The van der Waals surface area contributed by atoms with Crippen LogP contribution < -0.4 is 5.32 Å². The van der Waals surface area contributed by atoms with Crippen molar-refractivity contribution in [1.82, 2.24) is 10.2 Å². The van der Waals surface area contributed by atoms with Gasteiger partial charge in [-0.1, -0.05) is 42.0 Å². The number of hydrogen-bond acceptors (Lipinski definition) is 2. The number of benzene rings is 2. The van der Waals surface area contributed by atoms with Crippen molar-refractivity contribution < 1.29 is 4.79 Å². The Hall–Kier alpha value is -2.13. The first-order valence-electron chi connectivity index (χ1n) is 8.77. The highest BCUT2D eigenvalue weighted by atomic mass is 16.1. The Bertz CT molecular complexity index is 783. The summed E-state index contributed by atoms with van der Waals surface area (Å²) < 4.78 is 0. The smallest absolute Gasteiger partial charge is 0.251 e. The topological polar surface area (TPSA) is 32.3 Å². The summed E-state index contributed by atoms with van der Waals surface area (Å²) in [7, 11) is 0. The summed E-state index contributed by atoms with van der Waals surface area (Å²) in [6.07, 6.45) is 0. The molecule has 1 fully saturated rings. The van der Waals surface area contributed by atoms with E-state index in [-0.39, 0.29) is 5.91 Å². The van der Waals surface area contributed by atoms with Crippen molar-refractivity contribution in [3.63, 3.8) is 0 Å². The number of fused-ring (bicyclic) bond motifs is 3. The zero-order valence-electron chi connectivity index (χ0n) is 14.4. The SMILES string of the molecule is Cc1ccc(CN2C[C@@H]3CNC(=O)c4ccccc4[C@H]3C2)c(C)c1. The second-order valence-corrected chi connectivity index (χ2v) is 7.29. The number of rotatable bonds is 2. The zero-order chi connectivity index (χ0) is 16.7. The molecule has 1 N–H and O–H groups in total. The van der Waals surface area contributed by atoms with Crippen LogP contribution in [-0.4, -0.2) is 30.4 Å². The molecule has 1 amide bonds. The van der Waals surface area contributed by atoms with Gasteiger partial charge in [0.2, 0.25) is 0 Å². The van der Waals surface area contributed by atoms with Crippen LogP contribution in [0.3, 0.4) is 0 Å². The first kappa shape index (κ1) is 15.4. The van der Waals surface area contributed by atoms with E-state index in [1.54, 1.807) is 0 Å². The van der Waals surface area contributed by atoms with E-state index >= 15 is 0 Å². The van der Waals surface area contributed by atoms with Crippen LogP contribution in [0.2, 0.25) is 0 Å². The van der Waals surface area contributed by atoms with Gasteiger partial charge in [0.15, 0.2) is 0 Å². The number of amides is 1. The standard InChI is InChI=1S/C21H24N2O/c1-14-7-8-16(15(2)9-14)11-23-12-17-10-22-21(24)19-6-4-3-5-18(19)20(17)13-23/h3-9,17,20H,10-13H2,1-2H3,(H,22,24)/t17-,20-/m0/s1. The number of carbonyl (C=O) groups excluding carboxylic acids is 1. The second-order valence-electron chi connectivity index (χ2n) is 7.29. The molecule has 1 saturated heterocycles. The molecular weight excluding hydrogens is 296 g/mol. The van der Waals surface area contributed by atoms with E-state index in [0.717, 1.165) is 31.7 Å². The van der Waals surface area contributed by atoms with Crippen LogP contribution in [-0.2, 0) is 6.54 Å². The van der Waals surface area contributed by atoms with Crippen LogP contribution in [0.25, 0.3) is 0 Å². The molecule has 2 aromatic carbocycles. The van der Waals surface area contributed by atoms with E-state index in [2.05, 4.69) is 54.4 Å². The van der Waals surface area contributed by atoms with Crippen LogP contribution in [0.4, 0.5) is 0 Å². The van der Waals surface area contributed by atoms with Gasteiger partial charge in [0, 0.05) is 37.7 Å². The fourth-order valence-corrected chi connectivity index (χ4v) is 4.26. The second kappa shape index (κ2) is 6.06. The number of nitrogens with zero attached hydrogens (tertiary/aromatic N) is 1. The lowest BCUT2D eigenvalue weighted by molar-refractivity contribution is 0.0951. The van der Waals surface area contributed by atoms with Gasteiger partial charge < -0.3 is 5.32 Å². The summed E-state index contributed by atoms with van der Waals surface area (Å²) in [6.45, 7) is 8.20. The van der Waals surface area contributed by atoms with Gasteiger partial charge in [0.05, 0.1) is 0 Å². The Morgan fingerprint density at radius 1 is 1.12 bits per heavy atom. The summed E-state index contributed by atoms with van der Waals surface area (Å²) in [4.78, 5) is 14.8. The van der Waals surface area contributed by atoms with Crippen LogP contribution in [0.1, 0.15) is 38.5 Å². The van der Waals surface area contributed by atoms with E-state index < -0.39 is 0 Å². The van der Waals surface area contributed by atoms with Crippen molar-refractivity contribution in [3.05, 3.63) is 70.3 Å². The molecule has 124 valence electrons.